The first-order valence-electron chi connectivity index (χ1n) is 10.6. The van der Waals surface area contributed by atoms with Gasteiger partial charge < -0.3 is 9.59 Å². The average molecular weight is 363 g/mol. The fourth-order valence-corrected chi connectivity index (χ4v) is 3.80. The molecule has 0 radical (unpaired) electrons. The van der Waals surface area contributed by atoms with Gasteiger partial charge in [0.1, 0.15) is 12.6 Å². The predicted octanol–water partition coefficient (Wildman–Crippen LogP) is 7.23. The van der Waals surface area contributed by atoms with Crippen LogP contribution in [0.3, 0.4) is 0 Å². The Morgan fingerprint density at radius 2 is 1.50 bits per heavy atom. The van der Waals surface area contributed by atoms with E-state index in [2.05, 4.69) is 40.3 Å². The number of allylic oxidation sites excluding steroid dienone is 3. The van der Waals surface area contributed by atoms with E-state index in [0.717, 1.165) is 44.7 Å². The SMILES string of the molecule is C=CC(C)(CCC=C(C)C)C(C=O)(CC=O)CCCCCCCCCC. The summed E-state index contributed by atoms with van der Waals surface area (Å²) in [6, 6.07) is 0. The van der Waals surface area contributed by atoms with Gasteiger partial charge in [-0.15, -0.1) is 6.58 Å². The first kappa shape index (κ1) is 24.8. The highest BCUT2D eigenvalue weighted by atomic mass is 16.1. The van der Waals surface area contributed by atoms with E-state index in [4.69, 9.17) is 0 Å². The predicted molar refractivity (Wildman–Crippen MR) is 113 cm³/mol. The number of carbonyl (C=O) groups is 2. The molecule has 0 aliphatic carbocycles. The molecular formula is C24H42O2. The molecule has 0 N–H and O–H groups in total. The van der Waals surface area contributed by atoms with E-state index in [0.29, 0.717) is 6.42 Å². The van der Waals surface area contributed by atoms with Crippen molar-refractivity contribution in [2.45, 2.75) is 105 Å². The van der Waals surface area contributed by atoms with Crippen LogP contribution in [0.5, 0.6) is 0 Å². The molecule has 2 nitrogen and oxygen atoms in total. The van der Waals surface area contributed by atoms with Gasteiger partial charge in [0, 0.05) is 11.8 Å². The van der Waals surface area contributed by atoms with Crippen molar-refractivity contribution in [1.29, 1.82) is 0 Å². The van der Waals surface area contributed by atoms with Crippen LogP contribution in [-0.2, 0) is 9.59 Å². The number of hydrogen-bond donors (Lipinski definition) is 0. The highest BCUT2D eigenvalue weighted by molar-refractivity contribution is 5.68. The lowest BCUT2D eigenvalue weighted by atomic mass is 9.59. The summed E-state index contributed by atoms with van der Waals surface area (Å²) in [6.45, 7) is 12.5. The Labute approximate surface area is 162 Å². The van der Waals surface area contributed by atoms with Crippen molar-refractivity contribution in [2.75, 3.05) is 0 Å². The second-order valence-corrected chi connectivity index (χ2v) is 8.31. The van der Waals surface area contributed by atoms with Crippen LogP contribution in [-0.4, -0.2) is 12.6 Å². The maximum Gasteiger partial charge on any atom is 0.127 e. The van der Waals surface area contributed by atoms with Crippen molar-refractivity contribution in [3.8, 4) is 0 Å². The van der Waals surface area contributed by atoms with E-state index in [-0.39, 0.29) is 5.41 Å². The zero-order valence-electron chi connectivity index (χ0n) is 17.8. The summed E-state index contributed by atoms with van der Waals surface area (Å²) in [6.07, 6.45) is 18.8. The van der Waals surface area contributed by atoms with Crippen molar-refractivity contribution in [2.24, 2.45) is 10.8 Å². The third-order valence-electron chi connectivity index (χ3n) is 5.95. The summed E-state index contributed by atoms with van der Waals surface area (Å²) < 4.78 is 0. The molecular weight excluding hydrogens is 320 g/mol. The minimum atomic E-state index is -0.617. The molecule has 150 valence electrons. The molecule has 0 amide bonds. The standard InChI is InChI=1S/C24H42O2/c1-6-8-9-10-11-12-13-14-18-24(21-26,19-20-25)23(5,7-2)17-15-16-22(3)4/h7,16,20-21H,2,6,8-15,17-19H2,1,3-5H3. The maximum absolute atomic E-state index is 12.1. The molecule has 0 heterocycles. The average Bonchev–Trinajstić information content (AvgIpc) is 2.62. The molecule has 0 aromatic heterocycles. The monoisotopic (exact) mass is 362 g/mol. The van der Waals surface area contributed by atoms with Gasteiger partial charge in [-0.05, 0) is 38.5 Å². The largest absolute Gasteiger partial charge is 0.303 e. The molecule has 2 atom stereocenters. The van der Waals surface area contributed by atoms with Crippen molar-refractivity contribution in [3.05, 3.63) is 24.3 Å². The third kappa shape index (κ3) is 8.47. The van der Waals surface area contributed by atoms with E-state index in [1.807, 2.05) is 6.08 Å². The van der Waals surface area contributed by atoms with Crippen LogP contribution >= 0.6 is 0 Å². The van der Waals surface area contributed by atoms with Gasteiger partial charge in [-0.1, -0.05) is 82.9 Å². The van der Waals surface area contributed by atoms with E-state index >= 15 is 0 Å². The molecule has 0 aliphatic heterocycles. The van der Waals surface area contributed by atoms with Gasteiger partial charge in [0.2, 0.25) is 0 Å². The second-order valence-electron chi connectivity index (χ2n) is 8.31. The number of aldehydes is 2. The molecule has 26 heavy (non-hydrogen) atoms. The van der Waals surface area contributed by atoms with E-state index in [9.17, 15) is 9.59 Å². The van der Waals surface area contributed by atoms with Gasteiger partial charge in [0.15, 0.2) is 0 Å². The molecule has 0 saturated heterocycles. The van der Waals surface area contributed by atoms with E-state index in [1.54, 1.807) is 0 Å². The van der Waals surface area contributed by atoms with Gasteiger partial charge in [0.05, 0.1) is 0 Å². The smallest absolute Gasteiger partial charge is 0.127 e. The van der Waals surface area contributed by atoms with Crippen molar-refractivity contribution in [1.82, 2.24) is 0 Å². The quantitative estimate of drug-likeness (QED) is 0.155. The fraction of sp³-hybridized carbons (Fsp3) is 0.750. The highest BCUT2D eigenvalue weighted by Gasteiger charge is 2.44. The number of hydrogen-bond acceptors (Lipinski definition) is 2. The Bertz CT molecular complexity index is 433. The molecule has 0 aliphatic rings. The van der Waals surface area contributed by atoms with Gasteiger partial charge >= 0.3 is 0 Å². The lowest BCUT2D eigenvalue weighted by molar-refractivity contribution is -0.127. The Morgan fingerprint density at radius 1 is 0.923 bits per heavy atom. The Kier molecular flexibility index (Phi) is 13.3. The normalized spacial score (nSPS) is 15.5. The van der Waals surface area contributed by atoms with E-state index in [1.165, 1.54) is 44.1 Å². The van der Waals surface area contributed by atoms with Crippen molar-refractivity contribution >= 4 is 12.6 Å². The molecule has 0 spiro atoms. The van der Waals surface area contributed by atoms with Gasteiger partial charge in [-0.25, -0.2) is 0 Å². The van der Waals surface area contributed by atoms with Crippen molar-refractivity contribution < 1.29 is 9.59 Å². The molecule has 0 saturated carbocycles. The van der Waals surface area contributed by atoms with Crippen LogP contribution in [0.2, 0.25) is 0 Å². The number of unbranched alkanes of at least 4 members (excludes halogenated alkanes) is 7. The third-order valence-corrected chi connectivity index (χ3v) is 5.95. The van der Waals surface area contributed by atoms with Gasteiger partial charge in [-0.2, -0.15) is 0 Å². The second kappa shape index (κ2) is 13.9. The molecule has 0 fully saturated rings. The van der Waals surface area contributed by atoms with Crippen LogP contribution in [0.1, 0.15) is 105 Å². The Hall–Kier alpha value is -1.18. The molecule has 0 bridgehead atoms. The Balaban J connectivity index is 4.78. The molecule has 2 unspecified atom stereocenters. The summed E-state index contributed by atoms with van der Waals surface area (Å²) in [4.78, 5) is 23.5. The number of carbonyl (C=O) groups excluding carboxylic acids is 2. The minimum absolute atomic E-state index is 0.296. The molecule has 0 rings (SSSR count). The first-order chi connectivity index (χ1) is 12.4. The molecule has 0 aromatic carbocycles. The lowest BCUT2D eigenvalue weighted by Crippen LogP contribution is -2.40. The fourth-order valence-electron chi connectivity index (χ4n) is 3.80. The van der Waals surface area contributed by atoms with Crippen LogP contribution in [0.15, 0.2) is 24.3 Å². The molecule has 2 heteroatoms. The summed E-state index contributed by atoms with van der Waals surface area (Å²) in [5.74, 6) is 0. The zero-order valence-corrected chi connectivity index (χ0v) is 17.8. The van der Waals surface area contributed by atoms with Crippen LogP contribution in [0, 0.1) is 10.8 Å². The molecule has 0 aromatic rings. The summed E-state index contributed by atoms with van der Waals surface area (Å²) in [5, 5.41) is 0. The van der Waals surface area contributed by atoms with Crippen LogP contribution in [0.25, 0.3) is 0 Å². The lowest BCUT2D eigenvalue weighted by Gasteiger charge is -2.43. The number of rotatable bonds is 17. The summed E-state index contributed by atoms with van der Waals surface area (Å²) in [5.41, 5.74) is 0.322. The van der Waals surface area contributed by atoms with Crippen molar-refractivity contribution in [3.63, 3.8) is 0 Å². The maximum atomic E-state index is 12.1. The topological polar surface area (TPSA) is 34.1 Å². The summed E-state index contributed by atoms with van der Waals surface area (Å²) in [7, 11) is 0. The van der Waals surface area contributed by atoms with Crippen LogP contribution < -0.4 is 0 Å². The minimum Gasteiger partial charge on any atom is -0.303 e. The van der Waals surface area contributed by atoms with Crippen LogP contribution in [0.4, 0.5) is 0 Å². The highest BCUT2D eigenvalue weighted by Crippen LogP contribution is 2.48. The summed E-state index contributed by atoms with van der Waals surface area (Å²) >= 11 is 0. The van der Waals surface area contributed by atoms with Gasteiger partial charge in [0.25, 0.3) is 0 Å². The zero-order chi connectivity index (χ0) is 19.9. The Morgan fingerprint density at radius 3 is 1.96 bits per heavy atom. The van der Waals surface area contributed by atoms with E-state index < -0.39 is 5.41 Å². The van der Waals surface area contributed by atoms with Gasteiger partial charge in [-0.3, -0.25) is 0 Å². The first-order valence-corrected chi connectivity index (χ1v) is 10.6.